The number of hydrogen-bond acceptors (Lipinski definition) is 3. The standard InChI is InChI=1S/C11H18O3/c1-5-14-10(12)9(2)7-6-8-11(3,4)13/h6-8,13H,5H2,1-4H3/b8-6-,9-7+. The van der Waals surface area contributed by atoms with Gasteiger partial charge in [-0.25, -0.2) is 4.79 Å². The maximum absolute atomic E-state index is 11.1. The third kappa shape index (κ3) is 6.43. The zero-order valence-corrected chi connectivity index (χ0v) is 9.20. The van der Waals surface area contributed by atoms with E-state index in [4.69, 9.17) is 4.74 Å². The first-order chi connectivity index (χ1) is 6.37. The van der Waals surface area contributed by atoms with Crippen LogP contribution in [0.4, 0.5) is 0 Å². The molecule has 80 valence electrons. The second-order valence-corrected chi connectivity index (χ2v) is 3.58. The van der Waals surface area contributed by atoms with Crippen LogP contribution < -0.4 is 0 Å². The fraction of sp³-hybridized carbons (Fsp3) is 0.545. The van der Waals surface area contributed by atoms with E-state index in [1.165, 1.54) is 0 Å². The highest BCUT2D eigenvalue weighted by atomic mass is 16.5. The van der Waals surface area contributed by atoms with Crippen LogP contribution in [0.25, 0.3) is 0 Å². The van der Waals surface area contributed by atoms with Gasteiger partial charge >= 0.3 is 5.97 Å². The molecule has 0 aromatic rings. The number of esters is 1. The van der Waals surface area contributed by atoms with Crippen LogP contribution in [-0.4, -0.2) is 23.3 Å². The van der Waals surface area contributed by atoms with Crippen molar-refractivity contribution in [2.75, 3.05) is 6.61 Å². The lowest BCUT2D eigenvalue weighted by atomic mass is 10.1. The first kappa shape index (κ1) is 12.9. The van der Waals surface area contributed by atoms with Crippen molar-refractivity contribution in [3.05, 3.63) is 23.8 Å². The highest BCUT2D eigenvalue weighted by Gasteiger charge is 2.06. The highest BCUT2D eigenvalue weighted by molar-refractivity contribution is 5.88. The molecule has 0 saturated carbocycles. The van der Waals surface area contributed by atoms with Gasteiger partial charge in [-0.15, -0.1) is 0 Å². The van der Waals surface area contributed by atoms with Crippen molar-refractivity contribution in [1.29, 1.82) is 0 Å². The van der Waals surface area contributed by atoms with Crippen molar-refractivity contribution in [2.24, 2.45) is 0 Å². The van der Waals surface area contributed by atoms with Gasteiger partial charge in [0.25, 0.3) is 0 Å². The number of aliphatic hydroxyl groups is 1. The maximum atomic E-state index is 11.1. The van der Waals surface area contributed by atoms with Crippen molar-refractivity contribution in [1.82, 2.24) is 0 Å². The van der Waals surface area contributed by atoms with Crippen LogP contribution >= 0.6 is 0 Å². The molecule has 0 rings (SSSR count). The van der Waals surface area contributed by atoms with E-state index in [0.29, 0.717) is 12.2 Å². The third-order valence-electron chi connectivity index (χ3n) is 1.45. The number of carbonyl (C=O) groups excluding carboxylic acids is 1. The van der Waals surface area contributed by atoms with Gasteiger partial charge in [0.1, 0.15) is 0 Å². The van der Waals surface area contributed by atoms with Gasteiger partial charge in [-0.3, -0.25) is 0 Å². The normalized spacial score (nSPS) is 13.4. The highest BCUT2D eigenvalue weighted by Crippen LogP contribution is 2.04. The van der Waals surface area contributed by atoms with Crippen molar-refractivity contribution < 1.29 is 14.6 Å². The van der Waals surface area contributed by atoms with Gasteiger partial charge in [0.2, 0.25) is 0 Å². The predicted molar refractivity (Wildman–Crippen MR) is 55.8 cm³/mol. The molecule has 0 saturated heterocycles. The molecule has 3 heteroatoms. The van der Waals surface area contributed by atoms with E-state index in [2.05, 4.69) is 0 Å². The van der Waals surface area contributed by atoms with Gasteiger partial charge in [0.05, 0.1) is 12.2 Å². The lowest BCUT2D eigenvalue weighted by Crippen LogP contribution is -2.13. The minimum atomic E-state index is -0.856. The van der Waals surface area contributed by atoms with E-state index in [9.17, 15) is 9.90 Å². The van der Waals surface area contributed by atoms with E-state index in [1.807, 2.05) is 0 Å². The molecule has 0 aliphatic heterocycles. The topological polar surface area (TPSA) is 46.5 Å². The molecule has 0 unspecified atom stereocenters. The SMILES string of the molecule is CCOC(=O)/C(C)=C/C=C\C(C)(C)O. The Labute approximate surface area is 85.1 Å². The average molecular weight is 198 g/mol. The Morgan fingerprint density at radius 3 is 2.50 bits per heavy atom. The molecule has 0 fully saturated rings. The molecule has 0 aromatic heterocycles. The van der Waals surface area contributed by atoms with Gasteiger partial charge in [0, 0.05) is 5.57 Å². The van der Waals surface area contributed by atoms with Gasteiger partial charge in [-0.2, -0.15) is 0 Å². The summed E-state index contributed by atoms with van der Waals surface area (Å²) < 4.78 is 4.78. The molecule has 0 bridgehead atoms. The van der Waals surface area contributed by atoms with Gasteiger partial charge < -0.3 is 9.84 Å². The van der Waals surface area contributed by atoms with Crippen LogP contribution in [-0.2, 0) is 9.53 Å². The lowest BCUT2D eigenvalue weighted by Gasteiger charge is -2.09. The first-order valence-electron chi connectivity index (χ1n) is 4.62. The van der Waals surface area contributed by atoms with Crippen LogP contribution in [0.5, 0.6) is 0 Å². The second-order valence-electron chi connectivity index (χ2n) is 3.58. The van der Waals surface area contributed by atoms with Crippen LogP contribution in [0, 0.1) is 0 Å². The van der Waals surface area contributed by atoms with Crippen LogP contribution in [0.15, 0.2) is 23.8 Å². The molecule has 3 nitrogen and oxygen atoms in total. The molecule has 0 aliphatic rings. The minimum Gasteiger partial charge on any atom is -0.463 e. The van der Waals surface area contributed by atoms with E-state index >= 15 is 0 Å². The summed E-state index contributed by atoms with van der Waals surface area (Å²) in [5, 5.41) is 9.34. The third-order valence-corrected chi connectivity index (χ3v) is 1.45. The molecule has 0 atom stereocenters. The molecular weight excluding hydrogens is 180 g/mol. The first-order valence-corrected chi connectivity index (χ1v) is 4.62. The van der Waals surface area contributed by atoms with E-state index < -0.39 is 5.60 Å². The summed E-state index contributed by atoms with van der Waals surface area (Å²) in [7, 11) is 0. The Hall–Kier alpha value is -1.09. The zero-order valence-electron chi connectivity index (χ0n) is 9.20. The molecule has 0 amide bonds. The summed E-state index contributed by atoms with van der Waals surface area (Å²) in [6, 6.07) is 0. The van der Waals surface area contributed by atoms with Crippen molar-refractivity contribution >= 4 is 5.97 Å². The zero-order chi connectivity index (χ0) is 11.2. The number of allylic oxidation sites excluding steroid dienone is 2. The van der Waals surface area contributed by atoms with Crippen molar-refractivity contribution in [3.8, 4) is 0 Å². The molecule has 1 N–H and O–H groups in total. The molecule has 0 aromatic carbocycles. The Morgan fingerprint density at radius 1 is 1.50 bits per heavy atom. The van der Waals surface area contributed by atoms with Crippen LogP contribution in [0.3, 0.4) is 0 Å². The van der Waals surface area contributed by atoms with Gasteiger partial charge in [0.15, 0.2) is 0 Å². The van der Waals surface area contributed by atoms with Gasteiger partial charge in [-0.1, -0.05) is 18.2 Å². The van der Waals surface area contributed by atoms with Gasteiger partial charge in [-0.05, 0) is 27.7 Å². The fourth-order valence-electron chi connectivity index (χ4n) is 0.741. The maximum Gasteiger partial charge on any atom is 0.333 e. The van der Waals surface area contributed by atoms with E-state index in [0.717, 1.165) is 0 Å². The van der Waals surface area contributed by atoms with E-state index in [-0.39, 0.29) is 5.97 Å². The molecule has 0 heterocycles. The summed E-state index contributed by atoms with van der Waals surface area (Å²) in [5.74, 6) is -0.326. The smallest absolute Gasteiger partial charge is 0.333 e. The molecule has 0 aliphatic carbocycles. The monoisotopic (exact) mass is 198 g/mol. The summed E-state index contributed by atoms with van der Waals surface area (Å²) in [5.41, 5.74) is -0.335. The Bertz CT molecular complexity index is 244. The Kier molecular flexibility index (Phi) is 5.16. The van der Waals surface area contributed by atoms with Crippen LogP contribution in [0.1, 0.15) is 27.7 Å². The number of hydrogen-bond donors (Lipinski definition) is 1. The number of rotatable bonds is 4. The summed E-state index contributed by atoms with van der Waals surface area (Å²) in [6.45, 7) is 7.14. The average Bonchev–Trinajstić information content (AvgIpc) is 2.02. The molecule has 0 spiro atoms. The summed E-state index contributed by atoms with van der Waals surface area (Å²) >= 11 is 0. The number of ether oxygens (including phenoxy) is 1. The van der Waals surface area contributed by atoms with Crippen molar-refractivity contribution in [3.63, 3.8) is 0 Å². The largest absolute Gasteiger partial charge is 0.463 e. The van der Waals surface area contributed by atoms with E-state index in [1.54, 1.807) is 45.9 Å². The van der Waals surface area contributed by atoms with Crippen molar-refractivity contribution in [2.45, 2.75) is 33.3 Å². The minimum absolute atomic E-state index is 0.326. The van der Waals surface area contributed by atoms with Crippen LogP contribution in [0.2, 0.25) is 0 Å². The Morgan fingerprint density at radius 2 is 2.07 bits per heavy atom. The molecular formula is C11H18O3. The quantitative estimate of drug-likeness (QED) is 0.426. The Balaban J connectivity index is 4.25. The second kappa shape index (κ2) is 5.60. The predicted octanol–water partition coefficient (Wildman–Crippen LogP) is 1.82. The fourth-order valence-corrected chi connectivity index (χ4v) is 0.741. The summed E-state index contributed by atoms with van der Waals surface area (Å²) in [4.78, 5) is 11.1. The summed E-state index contributed by atoms with van der Waals surface area (Å²) in [6.07, 6.45) is 4.87. The number of carbonyl (C=O) groups is 1. The molecule has 14 heavy (non-hydrogen) atoms. The molecule has 0 radical (unpaired) electrons. The lowest BCUT2D eigenvalue weighted by molar-refractivity contribution is -0.138.